The Morgan fingerprint density at radius 2 is 1.64 bits per heavy atom. The van der Waals surface area contributed by atoms with Crippen molar-refractivity contribution in [1.82, 2.24) is 10.6 Å². The summed E-state index contributed by atoms with van der Waals surface area (Å²) in [4.78, 5) is 23.2. The highest BCUT2D eigenvalue weighted by Crippen LogP contribution is 2.15. The first kappa shape index (κ1) is 18.4. The predicted molar refractivity (Wildman–Crippen MR) is 84.4 cm³/mol. The molecule has 0 spiro atoms. The summed E-state index contributed by atoms with van der Waals surface area (Å²) in [6.45, 7) is 5.14. The maximum absolute atomic E-state index is 12.0. The predicted octanol–water partition coefficient (Wildman–Crippen LogP) is 1.14. The fourth-order valence-corrected chi connectivity index (χ4v) is 2.88. The molecule has 0 atom stereocenters. The Kier molecular flexibility index (Phi) is 5.96. The van der Waals surface area contributed by atoms with Gasteiger partial charge in [-0.2, -0.15) is 0 Å². The zero-order valence-electron chi connectivity index (χ0n) is 12.6. The fourth-order valence-electron chi connectivity index (χ4n) is 1.59. The van der Waals surface area contributed by atoms with E-state index in [-0.39, 0.29) is 17.3 Å². The molecule has 0 aliphatic carbocycles. The third kappa shape index (κ3) is 6.44. The van der Waals surface area contributed by atoms with E-state index in [9.17, 15) is 18.0 Å². The Morgan fingerprint density at radius 3 is 2.14 bits per heavy atom. The number of hydrogen-bond acceptors (Lipinski definition) is 4. The average Bonchev–Trinajstić information content (AvgIpc) is 2.34. The van der Waals surface area contributed by atoms with Crippen molar-refractivity contribution in [3.05, 3.63) is 29.3 Å². The third-order valence-electron chi connectivity index (χ3n) is 2.45. The molecule has 0 aliphatic heterocycles. The van der Waals surface area contributed by atoms with Crippen LogP contribution in [0.1, 0.15) is 20.8 Å². The van der Waals surface area contributed by atoms with Crippen molar-refractivity contribution in [2.45, 2.75) is 31.2 Å². The number of carbonyl (C=O) groups is 2. The molecule has 6 nitrogen and oxygen atoms in total. The summed E-state index contributed by atoms with van der Waals surface area (Å²) in [5.41, 5.74) is -0.419. The van der Waals surface area contributed by atoms with E-state index in [2.05, 4.69) is 10.6 Å². The molecule has 0 bridgehead atoms. The van der Waals surface area contributed by atoms with E-state index in [0.29, 0.717) is 5.02 Å². The van der Waals surface area contributed by atoms with Crippen LogP contribution >= 0.6 is 11.6 Å². The second-order valence-corrected chi connectivity index (χ2v) is 8.21. The molecule has 22 heavy (non-hydrogen) atoms. The van der Waals surface area contributed by atoms with Crippen LogP contribution < -0.4 is 10.6 Å². The lowest BCUT2D eigenvalue weighted by atomic mass is 10.1. The minimum atomic E-state index is -3.76. The Morgan fingerprint density at radius 1 is 1.09 bits per heavy atom. The summed E-state index contributed by atoms with van der Waals surface area (Å²) >= 11 is 5.69. The molecule has 0 fully saturated rings. The Labute approximate surface area is 135 Å². The molecule has 0 aliphatic rings. The third-order valence-corrected chi connectivity index (χ3v) is 4.34. The number of hydrogen-bond donors (Lipinski definition) is 2. The summed E-state index contributed by atoms with van der Waals surface area (Å²) in [7, 11) is -3.76. The standard InChI is InChI=1S/C14H19ClN2O4S/c1-14(2,3)17-12(18)8-16-13(19)9-22(20,21)11-6-4-10(15)5-7-11/h4-7H,8-9H2,1-3H3,(H,16,19)(H,17,18). The van der Waals surface area contributed by atoms with Gasteiger partial charge in [0.1, 0.15) is 5.75 Å². The van der Waals surface area contributed by atoms with Crippen molar-refractivity contribution in [3.63, 3.8) is 0 Å². The molecule has 2 N–H and O–H groups in total. The van der Waals surface area contributed by atoms with Crippen LogP contribution in [0, 0.1) is 0 Å². The minimum Gasteiger partial charge on any atom is -0.350 e. The molecule has 1 aromatic carbocycles. The average molecular weight is 347 g/mol. The molecular weight excluding hydrogens is 328 g/mol. The molecular formula is C14H19ClN2O4S. The highest BCUT2D eigenvalue weighted by molar-refractivity contribution is 7.92. The van der Waals surface area contributed by atoms with Crippen molar-refractivity contribution in [1.29, 1.82) is 0 Å². The summed E-state index contributed by atoms with van der Waals surface area (Å²) in [6, 6.07) is 5.53. The van der Waals surface area contributed by atoms with Gasteiger partial charge in [-0.1, -0.05) is 11.6 Å². The van der Waals surface area contributed by atoms with Crippen molar-refractivity contribution in [2.75, 3.05) is 12.3 Å². The second-order valence-electron chi connectivity index (χ2n) is 5.79. The summed E-state index contributed by atoms with van der Waals surface area (Å²) < 4.78 is 24.0. The van der Waals surface area contributed by atoms with Gasteiger partial charge in [0.05, 0.1) is 11.4 Å². The van der Waals surface area contributed by atoms with Gasteiger partial charge in [-0.25, -0.2) is 8.42 Å². The number of rotatable bonds is 5. The lowest BCUT2D eigenvalue weighted by Crippen LogP contribution is -2.46. The van der Waals surface area contributed by atoms with Crippen LogP contribution in [0.4, 0.5) is 0 Å². The van der Waals surface area contributed by atoms with E-state index < -0.39 is 27.0 Å². The number of sulfone groups is 1. The molecule has 122 valence electrons. The molecule has 0 heterocycles. The van der Waals surface area contributed by atoms with Crippen LogP contribution in [0.15, 0.2) is 29.2 Å². The molecule has 8 heteroatoms. The van der Waals surface area contributed by atoms with Crippen molar-refractivity contribution in [3.8, 4) is 0 Å². The van der Waals surface area contributed by atoms with Crippen molar-refractivity contribution < 1.29 is 18.0 Å². The van der Waals surface area contributed by atoms with E-state index >= 15 is 0 Å². The number of amides is 2. The first-order valence-corrected chi connectivity index (χ1v) is 8.59. The van der Waals surface area contributed by atoms with Gasteiger partial charge in [-0.3, -0.25) is 9.59 Å². The van der Waals surface area contributed by atoms with E-state index in [1.54, 1.807) is 20.8 Å². The highest BCUT2D eigenvalue weighted by Gasteiger charge is 2.20. The highest BCUT2D eigenvalue weighted by atomic mass is 35.5. The van der Waals surface area contributed by atoms with Crippen molar-refractivity contribution in [2.24, 2.45) is 0 Å². The van der Waals surface area contributed by atoms with Gasteiger partial charge >= 0.3 is 0 Å². The van der Waals surface area contributed by atoms with Crippen LogP contribution in [-0.4, -0.2) is 38.1 Å². The summed E-state index contributed by atoms with van der Waals surface area (Å²) in [5.74, 6) is -1.85. The summed E-state index contributed by atoms with van der Waals surface area (Å²) in [6.07, 6.45) is 0. The summed E-state index contributed by atoms with van der Waals surface area (Å²) in [5, 5.41) is 5.35. The molecule has 0 aromatic heterocycles. The van der Waals surface area contributed by atoms with Crippen LogP contribution in [0.5, 0.6) is 0 Å². The molecule has 1 aromatic rings. The number of halogens is 1. The minimum absolute atomic E-state index is 0.00573. The Bertz CT molecular complexity index is 648. The number of carbonyl (C=O) groups excluding carboxylic acids is 2. The second kappa shape index (κ2) is 7.11. The fraction of sp³-hybridized carbons (Fsp3) is 0.429. The van der Waals surface area contributed by atoms with E-state index in [1.165, 1.54) is 24.3 Å². The molecule has 0 saturated carbocycles. The Balaban J connectivity index is 2.57. The lowest BCUT2D eigenvalue weighted by molar-refractivity contribution is -0.125. The van der Waals surface area contributed by atoms with Crippen molar-refractivity contribution >= 4 is 33.3 Å². The molecule has 1 rings (SSSR count). The van der Waals surface area contributed by atoms with Gasteiger partial charge in [0.25, 0.3) is 0 Å². The number of benzene rings is 1. The van der Waals surface area contributed by atoms with E-state index in [1.807, 2.05) is 0 Å². The Hall–Kier alpha value is -1.60. The zero-order valence-corrected chi connectivity index (χ0v) is 14.2. The topological polar surface area (TPSA) is 92.3 Å². The molecule has 2 amide bonds. The number of nitrogens with one attached hydrogen (secondary N) is 2. The SMILES string of the molecule is CC(C)(C)NC(=O)CNC(=O)CS(=O)(=O)c1ccc(Cl)cc1. The normalized spacial score (nSPS) is 11.8. The van der Waals surface area contributed by atoms with Gasteiger partial charge in [0.2, 0.25) is 11.8 Å². The van der Waals surface area contributed by atoms with Crippen LogP contribution in [0.25, 0.3) is 0 Å². The van der Waals surface area contributed by atoms with Gasteiger partial charge < -0.3 is 10.6 Å². The van der Waals surface area contributed by atoms with E-state index in [4.69, 9.17) is 11.6 Å². The van der Waals surface area contributed by atoms with Crippen LogP contribution in [0.2, 0.25) is 5.02 Å². The molecule has 0 radical (unpaired) electrons. The van der Waals surface area contributed by atoms with Gasteiger partial charge in [0.15, 0.2) is 9.84 Å². The lowest BCUT2D eigenvalue weighted by Gasteiger charge is -2.20. The monoisotopic (exact) mass is 346 g/mol. The van der Waals surface area contributed by atoms with Gasteiger partial charge in [-0.15, -0.1) is 0 Å². The largest absolute Gasteiger partial charge is 0.350 e. The molecule has 0 unspecified atom stereocenters. The van der Waals surface area contributed by atoms with Crippen LogP contribution in [-0.2, 0) is 19.4 Å². The van der Waals surface area contributed by atoms with Crippen LogP contribution in [0.3, 0.4) is 0 Å². The first-order valence-electron chi connectivity index (χ1n) is 6.56. The first-order chi connectivity index (χ1) is 9.99. The quantitative estimate of drug-likeness (QED) is 0.836. The zero-order chi connectivity index (χ0) is 17.0. The van der Waals surface area contributed by atoms with Gasteiger partial charge in [-0.05, 0) is 45.0 Å². The smallest absolute Gasteiger partial charge is 0.239 e. The van der Waals surface area contributed by atoms with Gasteiger partial charge in [0, 0.05) is 10.6 Å². The molecule has 0 saturated heterocycles. The maximum atomic E-state index is 12.0. The maximum Gasteiger partial charge on any atom is 0.239 e. The van der Waals surface area contributed by atoms with E-state index in [0.717, 1.165) is 0 Å².